The molecule has 0 saturated heterocycles. The predicted octanol–water partition coefficient (Wildman–Crippen LogP) is 3.02. The molecule has 82 valence electrons. The van der Waals surface area contributed by atoms with Gasteiger partial charge in [-0.3, -0.25) is 5.41 Å². The fraction of sp³-hybridized carbons (Fsp3) is 0.364. The average molecular weight is 226 g/mol. The molecule has 0 spiro atoms. The molecule has 0 aromatic heterocycles. The van der Waals surface area contributed by atoms with Crippen LogP contribution in [0.25, 0.3) is 0 Å². The van der Waals surface area contributed by atoms with E-state index in [1.807, 2.05) is 0 Å². The molecule has 0 radical (unpaired) electrons. The molecule has 3 N–H and O–H groups in total. The molecule has 1 atom stereocenters. The second kappa shape index (κ2) is 5.75. The van der Waals surface area contributed by atoms with E-state index in [2.05, 4.69) is 6.92 Å². The monoisotopic (exact) mass is 226 g/mol. The lowest BCUT2D eigenvalue weighted by Gasteiger charge is -2.13. The largest absolute Gasteiger partial charge is 0.388 e. The number of thioether (sulfide) groups is 1. The molecule has 0 amide bonds. The first-order valence-electron chi connectivity index (χ1n) is 4.87. The molecule has 0 aliphatic rings. The zero-order valence-electron chi connectivity index (χ0n) is 8.66. The third kappa shape index (κ3) is 4.34. The van der Waals surface area contributed by atoms with Crippen LogP contribution in [0.15, 0.2) is 29.2 Å². The Morgan fingerprint density at radius 1 is 1.47 bits per heavy atom. The zero-order chi connectivity index (χ0) is 11.3. The van der Waals surface area contributed by atoms with E-state index < -0.39 is 0 Å². The van der Waals surface area contributed by atoms with Crippen LogP contribution in [0.1, 0.15) is 19.8 Å². The third-order valence-electron chi connectivity index (χ3n) is 2.02. The van der Waals surface area contributed by atoms with Crippen molar-refractivity contribution in [2.45, 2.75) is 29.9 Å². The summed E-state index contributed by atoms with van der Waals surface area (Å²) in [5, 5.41) is 7.53. The Labute approximate surface area is 93.6 Å². The molecule has 0 aliphatic heterocycles. The molecule has 1 aromatic carbocycles. The van der Waals surface area contributed by atoms with Crippen molar-refractivity contribution < 1.29 is 4.39 Å². The van der Waals surface area contributed by atoms with Crippen LogP contribution in [0.5, 0.6) is 0 Å². The Morgan fingerprint density at radius 3 is 2.53 bits per heavy atom. The Hall–Kier alpha value is -1.03. The lowest BCUT2D eigenvalue weighted by atomic mass is 10.2. The summed E-state index contributed by atoms with van der Waals surface area (Å²) in [5.41, 5.74) is 5.36. The normalized spacial score (nSPS) is 12.4. The fourth-order valence-corrected chi connectivity index (χ4v) is 2.33. The van der Waals surface area contributed by atoms with Crippen LogP contribution in [-0.2, 0) is 0 Å². The average Bonchev–Trinajstić information content (AvgIpc) is 2.19. The molecule has 1 aromatic rings. The van der Waals surface area contributed by atoms with Gasteiger partial charge < -0.3 is 5.73 Å². The van der Waals surface area contributed by atoms with Gasteiger partial charge in [0.15, 0.2) is 0 Å². The highest BCUT2D eigenvalue weighted by Crippen LogP contribution is 2.27. The fourth-order valence-electron chi connectivity index (χ4n) is 1.22. The summed E-state index contributed by atoms with van der Waals surface area (Å²) in [4.78, 5) is 1.02. The number of hydrogen-bond donors (Lipinski definition) is 2. The van der Waals surface area contributed by atoms with E-state index in [1.165, 1.54) is 12.1 Å². The molecule has 0 bridgehead atoms. The van der Waals surface area contributed by atoms with Gasteiger partial charge in [-0.2, -0.15) is 0 Å². The minimum absolute atomic E-state index is 0.205. The van der Waals surface area contributed by atoms with Crippen molar-refractivity contribution in [1.82, 2.24) is 0 Å². The van der Waals surface area contributed by atoms with Crippen LogP contribution in [0.4, 0.5) is 4.39 Å². The smallest absolute Gasteiger partial charge is 0.123 e. The van der Waals surface area contributed by atoms with Crippen LogP contribution in [0.3, 0.4) is 0 Å². The summed E-state index contributed by atoms with van der Waals surface area (Å²) >= 11 is 1.64. The minimum atomic E-state index is -0.223. The number of amidine groups is 1. The summed E-state index contributed by atoms with van der Waals surface area (Å²) < 4.78 is 12.7. The predicted molar refractivity (Wildman–Crippen MR) is 62.9 cm³/mol. The van der Waals surface area contributed by atoms with Gasteiger partial charge in [0.1, 0.15) is 5.82 Å². The van der Waals surface area contributed by atoms with Crippen LogP contribution in [0, 0.1) is 11.2 Å². The van der Waals surface area contributed by atoms with Crippen LogP contribution in [0.2, 0.25) is 0 Å². The molecule has 0 fully saturated rings. The summed E-state index contributed by atoms with van der Waals surface area (Å²) in [6, 6.07) is 6.40. The zero-order valence-corrected chi connectivity index (χ0v) is 9.48. The number of nitrogens with two attached hydrogens (primary N) is 1. The number of halogens is 1. The summed E-state index contributed by atoms with van der Waals surface area (Å²) in [5.74, 6) is -0.0181. The van der Waals surface area contributed by atoms with E-state index in [9.17, 15) is 4.39 Å². The summed E-state index contributed by atoms with van der Waals surface area (Å²) in [7, 11) is 0. The van der Waals surface area contributed by atoms with Gasteiger partial charge in [-0.1, -0.05) is 6.92 Å². The molecule has 0 saturated carbocycles. The highest BCUT2D eigenvalue weighted by atomic mass is 32.2. The standard InChI is InChI=1S/C11H15FN2S/c1-2-9(7-11(13)14)15-10-5-3-8(12)4-6-10/h3-6,9H,2,7H2,1H3,(H3,13,14). The lowest BCUT2D eigenvalue weighted by molar-refractivity contribution is 0.626. The van der Waals surface area contributed by atoms with E-state index >= 15 is 0 Å². The third-order valence-corrected chi connectivity index (χ3v) is 3.40. The van der Waals surface area contributed by atoms with Gasteiger partial charge in [-0.25, -0.2) is 4.39 Å². The van der Waals surface area contributed by atoms with Crippen molar-refractivity contribution in [3.63, 3.8) is 0 Å². The van der Waals surface area contributed by atoms with E-state index in [1.54, 1.807) is 23.9 Å². The van der Waals surface area contributed by atoms with Gasteiger partial charge in [0.2, 0.25) is 0 Å². The number of hydrogen-bond acceptors (Lipinski definition) is 2. The SMILES string of the molecule is CCC(CC(=N)N)Sc1ccc(F)cc1. The Bertz CT molecular complexity index is 324. The maximum Gasteiger partial charge on any atom is 0.123 e. The maximum absolute atomic E-state index is 12.7. The second-order valence-electron chi connectivity index (χ2n) is 3.33. The van der Waals surface area contributed by atoms with Gasteiger partial charge >= 0.3 is 0 Å². The van der Waals surface area contributed by atoms with Crippen molar-refractivity contribution in [3.8, 4) is 0 Å². The number of rotatable bonds is 5. The van der Waals surface area contributed by atoms with E-state index in [0.717, 1.165) is 11.3 Å². The molecule has 1 rings (SSSR count). The molecule has 0 heterocycles. The second-order valence-corrected chi connectivity index (χ2v) is 4.71. The first-order chi connectivity index (χ1) is 7.11. The van der Waals surface area contributed by atoms with Gasteiger partial charge in [0.25, 0.3) is 0 Å². The Kier molecular flexibility index (Phi) is 4.62. The van der Waals surface area contributed by atoms with Crippen molar-refractivity contribution in [1.29, 1.82) is 5.41 Å². The van der Waals surface area contributed by atoms with Gasteiger partial charge in [-0.15, -0.1) is 11.8 Å². The Balaban J connectivity index is 2.58. The lowest BCUT2D eigenvalue weighted by Crippen LogP contribution is -2.16. The number of nitrogens with one attached hydrogen (secondary N) is 1. The highest BCUT2D eigenvalue weighted by molar-refractivity contribution is 8.00. The van der Waals surface area contributed by atoms with Crippen LogP contribution < -0.4 is 5.73 Å². The van der Waals surface area contributed by atoms with Gasteiger partial charge in [-0.05, 0) is 30.7 Å². The molecule has 4 heteroatoms. The molecule has 2 nitrogen and oxygen atoms in total. The van der Waals surface area contributed by atoms with Gasteiger partial charge in [0.05, 0.1) is 5.84 Å². The van der Waals surface area contributed by atoms with Crippen molar-refractivity contribution >= 4 is 17.6 Å². The Morgan fingerprint density at radius 2 is 2.07 bits per heavy atom. The van der Waals surface area contributed by atoms with Crippen LogP contribution in [-0.4, -0.2) is 11.1 Å². The van der Waals surface area contributed by atoms with E-state index in [-0.39, 0.29) is 11.7 Å². The first kappa shape index (κ1) is 12.0. The summed E-state index contributed by atoms with van der Waals surface area (Å²) in [6.07, 6.45) is 1.53. The quantitative estimate of drug-likeness (QED) is 0.460. The minimum Gasteiger partial charge on any atom is -0.388 e. The van der Waals surface area contributed by atoms with E-state index in [0.29, 0.717) is 11.7 Å². The molecule has 0 aliphatic carbocycles. The molecular formula is C11H15FN2S. The van der Waals surface area contributed by atoms with Crippen LogP contribution >= 0.6 is 11.8 Å². The molecule has 1 unspecified atom stereocenters. The maximum atomic E-state index is 12.7. The molecular weight excluding hydrogens is 211 g/mol. The highest BCUT2D eigenvalue weighted by Gasteiger charge is 2.09. The van der Waals surface area contributed by atoms with Crippen molar-refractivity contribution in [2.24, 2.45) is 5.73 Å². The van der Waals surface area contributed by atoms with Gasteiger partial charge in [0, 0.05) is 16.6 Å². The molecule has 15 heavy (non-hydrogen) atoms. The van der Waals surface area contributed by atoms with Crippen molar-refractivity contribution in [3.05, 3.63) is 30.1 Å². The number of benzene rings is 1. The first-order valence-corrected chi connectivity index (χ1v) is 5.75. The van der Waals surface area contributed by atoms with E-state index in [4.69, 9.17) is 11.1 Å². The topological polar surface area (TPSA) is 49.9 Å². The van der Waals surface area contributed by atoms with Crippen molar-refractivity contribution in [2.75, 3.05) is 0 Å². The summed E-state index contributed by atoms with van der Waals surface area (Å²) in [6.45, 7) is 2.06.